The first kappa shape index (κ1) is 15.0. The molecule has 0 aliphatic carbocycles. The van der Waals surface area contributed by atoms with E-state index in [1.807, 2.05) is 25.1 Å². The molecule has 0 bridgehead atoms. The van der Waals surface area contributed by atoms with E-state index in [-0.39, 0.29) is 11.7 Å². The smallest absolute Gasteiger partial charge is 0.225 e. The largest absolute Gasteiger partial charge is 0.508 e. The molecule has 0 saturated heterocycles. The van der Waals surface area contributed by atoms with Gasteiger partial charge in [-0.3, -0.25) is 9.89 Å². The Morgan fingerprint density at radius 3 is 2.78 bits per heavy atom. The summed E-state index contributed by atoms with van der Waals surface area (Å²) in [5, 5.41) is 19.9. The molecule has 0 radical (unpaired) electrons. The summed E-state index contributed by atoms with van der Waals surface area (Å²) < 4.78 is 0. The van der Waals surface area contributed by atoms with E-state index < -0.39 is 0 Å². The van der Waals surface area contributed by atoms with Crippen LogP contribution < -0.4 is 5.32 Å². The number of H-pyrrole nitrogens is 1. The summed E-state index contributed by atoms with van der Waals surface area (Å²) in [6, 6.07) is 8.81. The fourth-order valence-electron chi connectivity index (χ4n) is 2.35. The molecule has 2 heterocycles. The highest BCUT2D eigenvalue weighted by atomic mass is 16.3. The molecule has 23 heavy (non-hydrogen) atoms. The molecule has 3 N–H and O–H groups in total. The van der Waals surface area contributed by atoms with E-state index in [0.29, 0.717) is 17.9 Å². The van der Waals surface area contributed by atoms with Crippen LogP contribution in [0.15, 0.2) is 36.5 Å². The Morgan fingerprint density at radius 2 is 2.04 bits per heavy atom. The number of nitrogens with one attached hydrogen (secondary N) is 2. The van der Waals surface area contributed by atoms with Crippen LogP contribution in [0.1, 0.15) is 26.2 Å². The summed E-state index contributed by atoms with van der Waals surface area (Å²) in [6.07, 6.45) is 4.04. The van der Waals surface area contributed by atoms with Crippen molar-refractivity contribution in [2.24, 2.45) is 0 Å². The van der Waals surface area contributed by atoms with Gasteiger partial charge in [0.1, 0.15) is 11.6 Å². The fourth-order valence-corrected chi connectivity index (χ4v) is 2.35. The highest BCUT2D eigenvalue weighted by Gasteiger charge is 2.11. The van der Waals surface area contributed by atoms with E-state index in [4.69, 9.17) is 0 Å². The number of aromatic hydroxyl groups is 1. The van der Waals surface area contributed by atoms with Crippen LogP contribution in [0.3, 0.4) is 0 Å². The minimum atomic E-state index is -0.0348. The van der Waals surface area contributed by atoms with Crippen LogP contribution in [-0.2, 0) is 4.79 Å². The molecular formula is C17H18N4O2. The zero-order valence-corrected chi connectivity index (χ0v) is 12.8. The molecule has 0 spiro atoms. The van der Waals surface area contributed by atoms with Crippen molar-refractivity contribution in [3.05, 3.63) is 36.5 Å². The number of nitrogens with zero attached hydrogens (tertiary/aromatic N) is 2. The van der Waals surface area contributed by atoms with Crippen molar-refractivity contribution >= 4 is 22.8 Å². The molecule has 2 aromatic heterocycles. The number of phenols is 1. The zero-order valence-electron chi connectivity index (χ0n) is 12.8. The van der Waals surface area contributed by atoms with Gasteiger partial charge in [-0.25, -0.2) is 4.98 Å². The van der Waals surface area contributed by atoms with Crippen LogP contribution in [0.2, 0.25) is 0 Å². The third-order valence-corrected chi connectivity index (χ3v) is 3.63. The Labute approximate surface area is 133 Å². The van der Waals surface area contributed by atoms with Gasteiger partial charge in [0.15, 0.2) is 5.65 Å². The highest BCUT2D eigenvalue weighted by Crippen LogP contribution is 2.27. The fraction of sp³-hybridized carbons (Fsp3) is 0.235. The SMILES string of the molecule is CCCCC(=O)Nc1[nH]nc2ncc(-c3ccc(O)cc3)cc12. The van der Waals surface area contributed by atoms with E-state index in [1.165, 1.54) is 0 Å². The van der Waals surface area contributed by atoms with Gasteiger partial charge < -0.3 is 10.4 Å². The lowest BCUT2D eigenvalue weighted by Gasteiger charge is -2.04. The molecule has 1 amide bonds. The van der Waals surface area contributed by atoms with Gasteiger partial charge in [-0.15, -0.1) is 0 Å². The lowest BCUT2D eigenvalue weighted by molar-refractivity contribution is -0.116. The maximum absolute atomic E-state index is 11.9. The number of carbonyl (C=O) groups excluding carboxylic acids is 1. The van der Waals surface area contributed by atoms with Crippen LogP contribution >= 0.6 is 0 Å². The predicted octanol–water partition coefficient (Wildman–Crippen LogP) is 3.46. The molecule has 0 aliphatic rings. The number of benzene rings is 1. The lowest BCUT2D eigenvalue weighted by atomic mass is 10.1. The number of phenolic OH excluding ortho intramolecular Hbond substituents is 1. The first-order valence-corrected chi connectivity index (χ1v) is 7.60. The maximum atomic E-state index is 11.9. The molecule has 0 unspecified atom stereocenters. The van der Waals surface area contributed by atoms with Gasteiger partial charge >= 0.3 is 0 Å². The molecule has 118 valence electrons. The van der Waals surface area contributed by atoms with Crippen LogP contribution in [0.4, 0.5) is 5.82 Å². The molecule has 6 heteroatoms. The zero-order chi connectivity index (χ0) is 16.2. The van der Waals surface area contributed by atoms with Gasteiger partial charge in [0.25, 0.3) is 0 Å². The van der Waals surface area contributed by atoms with E-state index in [9.17, 15) is 9.90 Å². The predicted molar refractivity (Wildman–Crippen MR) is 89.1 cm³/mol. The van der Waals surface area contributed by atoms with E-state index in [2.05, 4.69) is 20.5 Å². The maximum Gasteiger partial charge on any atom is 0.225 e. The summed E-state index contributed by atoms with van der Waals surface area (Å²) in [5.74, 6) is 0.747. The third kappa shape index (κ3) is 3.31. The Morgan fingerprint density at radius 1 is 1.26 bits per heavy atom. The van der Waals surface area contributed by atoms with E-state index in [1.54, 1.807) is 18.3 Å². The highest BCUT2D eigenvalue weighted by molar-refractivity contribution is 5.99. The quantitative estimate of drug-likeness (QED) is 0.673. The lowest BCUT2D eigenvalue weighted by Crippen LogP contribution is -2.11. The number of rotatable bonds is 5. The van der Waals surface area contributed by atoms with Crippen molar-refractivity contribution in [1.29, 1.82) is 0 Å². The van der Waals surface area contributed by atoms with Crippen molar-refractivity contribution < 1.29 is 9.90 Å². The molecule has 6 nitrogen and oxygen atoms in total. The number of aromatic amines is 1. The molecule has 3 aromatic rings. The molecule has 0 saturated carbocycles. The number of pyridine rings is 1. The molecule has 0 atom stereocenters. The van der Waals surface area contributed by atoms with Crippen molar-refractivity contribution in [2.75, 3.05) is 5.32 Å². The second kappa shape index (κ2) is 6.48. The van der Waals surface area contributed by atoms with Crippen LogP contribution in [0.25, 0.3) is 22.2 Å². The summed E-state index contributed by atoms with van der Waals surface area (Å²) in [5.41, 5.74) is 2.38. The number of fused-ring (bicyclic) bond motifs is 1. The van der Waals surface area contributed by atoms with Crippen LogP contribution in [0.5, 0.6) is 5.75 Å². The Bertz CT molecular complexity index is 824. The van der Waals surface area contributed by atoms with Gasteiger partial charge in [0.2, 0.25) is 5.91 Å². The minimum Gasteiger partial charge on any atom is -0.508 e. The van der Waals surface area contributed by atoms with Crippen molar-refractivity contribution in [2.45, 2.75) is 26.2 Å². The summed E-state index contributed by atoms with van der Waals surface area (Å²) in [7, 11) is 0. The van der Waals surface area contributed by atoms with Gasteiger partial charge in [0.05, 0.1) is 5.39 Å². The van der Waals surface area contributed by atoms with Crippen LogP contribution in [-0.4, -0.2) is 26.2 Å². The monoisotopic (exact) mass is 310 g/mol. The Balaban J connectivity index is 1.90. The van der Waals surface area contributed by atoms with Crippen LogP contribution in [0, 0.1) is 0 Å². The van der Waals surface area contributed by atoms with E-state index in [0.717, 1.165) is 29.4 Å². The summed E-state index contributed by atoms with van der Waals surface area (Å²) >= 11 is 0. The first-order chi connectivity index (χ1) is 11.2. The average molecular weight is 310 g/mol. The topological polar surface area (TPSA) is 90.9 Å². The molecule has 3 rings (SSSR count). The second-order valence-corrected chi connectivity index (χ2v) is 5.39. The average Bonchev–Trinajstić information content (AvgIpc) is 2.96. The second-order valence-electron chi connectivity index (χ2n) is 5.39. The molecule has 0 aliphatic heterocycles. The number of hydrogen-bond donors (Lipinski definition) is 3. The number of aromatic nitrogens is 3. The molecule has 0 fully saturated rings. The Hall–Kier alpha value is -2.89. The third-order valence-electron chi connectivity index (χ3n) is 3.63. The van der Waals surface area contributed by atoms with Gasteiger partial charge in [-0.2, -0.15) is 5.10 Å². The number of hydrogen-bond acceptors (Lipinski definition) is 4. The first-order valence-electron chi connectivity index (χ1n) is 7.60. The van der Waals surface area contributed by atoms with Crippen molar-refractivity contribution in [3.63, 3.8) is 0 Å². The van der Waals surface area contributed by atoms with Crippen molar-refractivity contribution in [3.8, 4) is 16.9 Å². The number of carbonyl (C=O) groups is 1. The summed E-state index contributed by atoms with van der Waals surface area (Å²) in [4.78, 5) is 16.2. The Kier molecular flexibility index (Phi) is 4.23. The molecular weight excluding hydrogens is 292 g/mol. The van der Waals surface area contributed by atoms with E-state index >= 15 is 0 Å². The van der Waals surface area contributed by atoms with Gasteiger partial charge in [-0.05, 0) is 30.2 Å². The standard InChI is InChI=1S/C17H18N4O2/c1-2-3-4-15(23)19-17-14-9-12(10-18-16(14)20-21-17)11-5-7-13(22)8-6-11/h5-10,22H,2-4H2,1H3,(H2,18,19,20,21,23). The summed E-state index contributed by atoms with van der Waals surface area (Å²) in [6.45, 7) is 2.05. The number of amides is 1. The van der Waals surface area contributed by atoms with Gasteiger partial charge in [0, 0.05) is 18.2 Å². The number of anilines is 1. The van der Waals surface area contributed by atoms with Crippen molar-refractivity contribution in [1.82, 2.24) is 15.2 Å². The van der Waals surface area contributed by atoms with Gasteiger partial charge in [-0.1, -0.05) is 25.5 Å². The number of unbranched alkanes of at least 4 members (excludes halogenated alkanes) is 1. The molecule has 1 aromatic carbocycles. The minimum absolute atomic E-state index is 0.0348. The normalized spacial score (nSPS) is 10.8.